The maximum absolute atomic E-state index is 11.4. The van der Waals surface area contributed by atoms with Gasteiger partial charge in [-0.3, -0.25) is 0 Å². The molecule has 0 radical (unpaired) electrons. The van der Waals surface area contributed by atoms with E-state index in [1.165, 1.54) is 6.26 Å². The van der Waals surface area contributed by atoms with Crippen LogP contribution >= 0.6 is 0 Å². The molecule has 0 aliphatic carbocycles. The van der Waals surface area contributed by atoms with Gasteiger partial charge in [0, 0.05) is 0 Å². The zero-order chi connectivity index (χ0) is 13.3. The van der Waals surface area contributed by atoms with Crippen molar-refractivity contribution >= 4 is 12.0 Å². The minimum Gasteiger partial charge on any atom is -0.461 e. The highest BCUT2D eigenvalue weighted by Gasteiger charge is 2.45. The van der Waals surface area contributed by atoms with Crippen molar-refractivity contribution in [3.8, 4) is 0 Å². The molecule has 0 unspecified atom stereocenters. The van der Waals surface area contributed by atoms with Gasteiger partial charge in [0.2, 0.25) is 0 Å². The Kier molecular flexibility index (Phi) is 3.30. The molecule has 0 atom stereocenters. The highest BCUT2D eigenvalue weighted by atomic mass is 16.5. The Morgan fingerprint density at radius 2 is 2.33 bits per heavy atom. The lowest BCUT2D eigenvalue weighted by atomic mass is 9.83. The lowest BCUT2D eigenvalue weighted by Gasteiger charge is -2.48. The molecule has 0 aromatic carbocycles. The van der Waals surface area contributed by atoms with E-state index in [0.29, 0.717) is 25.7 Å². The number of rotatable bonds is 4. The van der Waals surface area contributed by atoms with Crippen molar-refractivity contribution in [2.45, 2.75) is 26.4 Å². The van der Waals surface area contributed by atoms with Crippen LogP contribution < -0.4 is 4.90 Å². The van der Waals surface area contributed by atoms with Gasteiger partial charge in [-0.2, -0.15) is 4.98 Å². The molecule has 1 aromatic rings. The van der Waals surface area contributed by atoms with E-state index in [1.54, 1.807) is 11.8 Å². The molecule has 1 saturated heterocycles. The molecule has 0 saturated carbocycles. The van der Waals surface area contributed by atoms with Gasteiger partial charge in [0.05, 0.1) is 19.7 Å². The number of carbonyl (C=O) groups is 1. The fraction of sp³-hybridized carbons (Fsp3) is 0.667. The molecule has 1 aromatic heterocycles. The minimum absolute atomic E-state index is 0.159. The molecule has 1 fully saturated rings. The topological polar surface area (TPSA) is 75.8 Å². The van der Waals surface area contributed by atoms with Gasteiger partial charge < -0.3 is 19.2 Å². The van der Waals surface area contributed by atoms with E-state index in [0.717, 1.165) is 0 Å². The average molecular weight is 254 g/mol. The number of hydrogen-bond acceptors (Lipinski definition) is 6. The average Bonchev–Trinajstić information content (AvgIpc) is 2.73. The van der Waals surface area contributed by atoms with Crippen molar-refractivity contribution in [3.05, 3.63) is 12.0 Å². The molecule has 0 spiro atoms. The van der Waals surface area contributed by atoms with Crippen LogP contribution in [0.2, 0.25) is 0 Å². The van der Waals surface area contributed by atoms with Crippen LogP contribution in [0.15, 0.2) is 10.7 Å². The van der Waals surface area contributed by atoms with E-state index in [1.807, 2.05) is 13.8 Å². The third kappa shape index (κ3) is 2.20. The summed E-state index contributed by atoms with van der Waals surface area (Å²) in [5.41, 5.74) is -0.537. The summed E-state index contributed by atoms with van der Waals surface area (Å²) < 4.78 is 10.0. The van der Waals surface area contributed by atoms with Crippen LogP contribution in [0.5, 0.6) is 0 Å². The molecule has 2 rings (SSSR count). The molecule has 1 aliphatic heterocycles. The van der Waals surface area contributed by atoms with Crippen molar-refractivity contribution in [1.82, 2.24) is 4.98 Å². The minimum atomic E-state index is -0.696. The third-order valence-electron chi connectivity index (χ3n) is 3.25. The molecule has 2 heterocycles. The van der Waals surface area contributed by atoms with Crippen molar-refractivity contribution in [3.63, 3.8) is 0 Å². The number of aromatic nitrogens is 1. The first kappa shape index (κ1) is 12.9. The maximum atomic E-state index is 11.4. The van der Waals surface area contributed by atoms with E-state index in [4.69, 9.17) is 9.15 Å². The summed E-state index contributed by atoms with van der Waals surface area (Å²) in [7, 11) is 0. The Morgan fingerprint density at radius 3 is 2.89 bits per heavy atom. The van der Waals surface area contributed by atoms with Gasteiger partial charge in [-0.25, -0.2) is 4.79 Å². The number of β-amino-alcohol motifs (C(OH)–C–C–N with tert-alkyl or cyclic N) is 1. The number of esters is 1. The second kappa shape index (κ2) is 4.61. The second-order valence-corrected chi connectivity index (χ2v) is 4.85. The van der Waals surface area contributed by atoms with E-state index in [2.05, 4.69) is 4.98 Å². The van der Waals surface area contributed by atoms with E-state index >= 15 is 0 Å². The molecule has 6 heteroatoms. The summed E-state index contributed by atoms with van der Waals surface area (Å²) in [4.78, 5) is 17.3. The van der Waals surface area contributed by atoms with Gasteiger partial charge in [0.1, 0.15) is 11.9 Å². The zero-order valence-electron chi connectivity index (χ0n) is 10.8. The zero-order valence-corrected chi connectivity index (χ0v) is 10.8. The molecule has 6 nitrogen and oxygen atoms in total. The first-order chi connectivity index (χ1) is 8.46. The molecule has 100 valence electrons. The van der Waals surface area contributed by atoms with Crippen molar-refractivity contribution in [1.29, 1.82) is 0 Å². The summed E-state index contributed by atoms with van der Waals surface area (Å²) in [6, 6.07) is 0.350. The van der Waals surface area contributed by atoms with Gasteiger partial charge >= 0.3 is 5.97 Å². The predicted octanol–water partition coefficient (Wildman–Crippen LogP) is 1.06. The van der Waals surface area contributed by atoms with Crippen LogP contribution in [-0.4, -0.2) is 41.4 Å². The Morgan fingerprint density at radius 1 is 1.67 bits per heavy atom. The van der Waals surface area contributed by atoms with Crippen molar-refractivity contribution < 1.29 is 19.1 Å². The van der Waals surface area contributed by atoms with Crippen LogP contribution in [0, 0.1) is 5.92 Å². The fourth-order valence-corrected chi connectivity index (χ4v) is 1.82. The molecule has 0 amide bonds. The Balaban J connectivity index is 1.99. The molecular weight excluding hydrogens is 236 g/mol. The van der Waals surface area contributed by atoms with E-state index in [9.17, 15) is 9.90 Å². The van der Waals surface area contributed by atoms with Gasteiger partial charge in [-0.15, -0.1) is 0 Å². The van der Waals surface area contributed by atoms with Crippen molar-refractivity contribution in [2.24, 2.45) is 5.92 Å². The smallest absolute Gasteiger partial charge is 0.360 e. The predicted molar refractivity (Wildman–Crippen MR) is 64.5 cm³/mol. The first-order valence-electron chi connectivity index (χ1n) is 6.06. The standard InChI is InChI=1S/C12H18N2O4/c1-4-17-10(15)9-5-18-11(13-9)14-6-12(16,7-14)8(2)3/h5,8,16H,4,6-7H2,1-3H3. The monoisotopic (exact) mass is 254 g/mol. The molecule has 1 aliphatic rings. The number of oxazole rings is 1. The Labute approximate surface area is 106 Å². The lowest BCUT2D eigenvalue weighted by Crippen LogP contribution is -2.64. The van der Waals surface area contributed by atoms with Crippen LogP contribution in [0.1, 0.15) is 31.3 Å². The number of ether oxygens (including phenoxy) is 1. The molecular formula is C12H18N2O4. The highest BCUT2D eigenvalue weighted by molar-refractivity contribution is 5.87. The third-order valence-corrected chi connectivity index (χ3v) is 3.25. The summed E-state index contributed by atoms with van der Waals surface area (Å²) in [6.45, 7) is 6.91. The van der Waals surface area contributed by atoms with Crippen molar-refractivity contribution in [2.75, 3.05) is 24.6 Å². The summed E-state index contributed by atoms with van der Waals surface area (Å²) >= 11 is 0. The quantitative estimate of drug-likeness (QED) is 0.810. The Hall–Kier alpha value is -1.56. The van der Waals surface area contributed by atoms with Crippen LogP contribution in [0.25, 0.3) is 0 Å². The number of hydrogen-bond donors (Lipinski definition) is 1. The largest absolute Gasteiger partial charge is 0.461 e. The summed E-state index contributed by atoms with van der Waals surface area (Å²) in [5, 5.41) is 10.1. The van der Waals surface area contributed by atoms with Gasteiger partial charge in [0.25, 0.3) is 6.01 Å². The summed E-state index contributed by atoms with van der Waals surface area (Å²) in [6.07, 6.45) is 1.28. The van der Waals surface area contributed by atoms with E-state index < -0.39 is 11.6 Å². The highest BCUT2D eigenvalue weighted by Crippen LogP contribution is 2.32. The number of carbonyl (C=O) groups excluding carboxylic acids is 1. The fourth-order valence-electron chi connectivity index (χ4n) is 1.82. The van der Waals surface area contributed by atoms with Crippen LogP contribution in [0.3, 0.4) is 0 Å². The van der Waals surface area contributed by atoms with E-state index in [-0.39, 0.29) is 11.6 Å². The summed E-state index contributed by atoms with van der Waals surface area (Å²) in [5.74, 6) is -0.319. The van der Waals surface area contributed by atoms with Crippen LogP contribution in [-0.2, 0) is 4.74 Å². The van der Waals surface area contributed by atoms with Gasteiger partial charge in [-0.1, -0.05) is 13.8 Å². The molecule has 0 bridgehead atoms. The number of nitrogens with zero attached hydrogens (tertiary/aromatic N) is 2. The Bertz CT molecular complexity index is 435. The molecule has 18 heavy (non-hydrogen) atoms. The van der Waals surface area contributed by atoms with Gasteiger partial charge in [0.15, 0.2) is 5.69 Å². The first-order valence-corrected chi connectivity index (χ1v) is 6.06. The second-order valence-electron chi connectivity index (χ2n) is 4.85. The normalized spacial score (nSPS) is 17.7. The maximum Gasteiger partial charge on any atom is 0.360 e. The SMILES string of the molecule is CCOC(=O)c1coc(N2CC(O)(C(C)C)C2)n1. The lowest BCUT2D eigenvalue weighted by molar-refractivity contribution is -0.0324. The molecule has 1 N–H and O–H groups in total. The van der Waals surface area contributed by atoms with Crippen LogP contribution in [0.4, 0.5) is 6.01 Å². The number of aliphatic hydroxyl groups is 1. The van der Waals surface area contributed by atoms with Gasteiger partial charge in [-0.05, 0) is 12.8 Å². The number of anilines is 1.